The number of anilines is 2. The summed E-state index contributed by atoms with van der Waals surface area (Å²) >= 11 is 0. The first-order chi connectivity index (χ1) is 15.6. The molecule has 0 saturated carbocycles. The van der Waals surface area contributed by atoms with E-state index < -0.39 is 11.8 Å². The Morgan fingerprint density at radius 2 is 1.81 bits per heavy atom. The second-order valence-electron chi connectivity index (χ2n) is 8.55. The summed E-state index contributed by atoms with van der Waals surface area (Å²) in [5.41, 5.74) is 1.75. The van der Waals surface area contributed by atoms with Crippen molar-refractivity contribution in [1.29, 1.82) is 0 Å². The van der Waals surface area contributed by atoms with Crippen LogP contribution >= 0.6 is 0 Å². The molecule has 0 aliphatic carbocycles. The minimum Gasteiger partial charge on any atom is -0.394 e. The highest BCUT2D eigenvalue weighted by molar-refractivity contribution is 6.03. The molecular weight excluding hydrogens is 413 g/mol. The number of nitrogens with one attached hydrogen (secondary N) is 1. The Kier molecular flexibility index (Phi) is 5.57. The number of aliphatic hydroxyl groups excluding tert-OH is 1. The Balaban J connectivity index is 1.44. The van der Waals surface area contributed by atoms with Gasteiger partial charge in [0.1, 0.15) is 5.82 Å². The molecule has 8 heteroatoms. The van der Waals surface area contributed by atoms with Crippen molar-refractivity contribution in [2.45, 2.75) is 30.8 Å². The highest BCUT2D eigenvalue weighted by atomic mass is 19.1. The van der Waals surface area contributed by atoms with Gasteiger partial charge < -0.3 is 20.1 Å². The van der Waals surface area contributed by atoms with Gasteiger partial charge in [-0.3, -0.25) is 9.69 Å². The number of benzene rings is 2. The molecule has 5 rings (SSSR count). The average molecular weight is 439 g/mol. The molecule has 3 heterocycles. The van der Waals surface area contributed by atoms with Crippen LogP contribution in [0.2, 0.25) is 0 Å². The predicted molar refractivity (Wildman–Crippen MR) is 117 cm³/mol. The monoisotopic (exact) mass is 439 g/mol. The minimum atomic E-state index is -0.510. The molecule has 7 nitrogen and oxygen atoms in total. The second-order valence-corrected chi connectivity index (χ2v) is 8.55. The van der Waals surface area contributed by atoms with Crippen molar-refractivity contribution in [3.8, 4) is 0 Å². The number of nitrogens with zero attached hydrogens (tertiary/aromatic N) is 2. The summed E-state index contributed by atoms with van der Waals surface area (Å²) in [7, 11) is 0. The highest BCUT2D eigenvalue weighted by Crippen LogP contribution is 2.49. The molecule has 2 N–H and O–H groups in total. The third-order valence-electron chi connectivity index (χ3n) is 6.87. The van der Waals surface area contributed by atoms with Crippen molar-refractivity contribution in [3.05, 3.63) is 59.9 Å². The van der Waals surface area contributed by atoms with Crippen LogP contribution in [0.25, 0.3) is 0 Å². The summed E-state index contributed by atoms with van der Waals surface area (Å²) in [6, 6.07) is 12.6. The van der Waals surface area contributed by atoms with E-state index in [0.717, 1.165) is 11.3 Å². The van der Waals surface area contributed by atoms with Crippen molar-refractivity contribution in [1.82, 2.24) is 4.90 Å². The Hall–Kier alpha value is -2.97. The highest BCUT2D eigenvalue weighted by Gasteiger charge is 2.56. The summed E-state index contributed by atoms with van der Waals surface area (Å²) < 4.78 is 19.5. The Bertz CT molecular complexity index is 1030. The predicted octanol–water partition coefficient (Wildman–Crippen LogP) is 2.96. The van der Waals surface area contributed by atoms with Crippen molar-refractivity contribution in [3.63, 3.8) is 0 Å². The summed E-state index contributed by atoms with van der Waals surface area (Å²) in [4.78, 5) is 29.8. The molecule has 3 aliphatic rings. The SMILES string of the molecule is O=C(Nc1ccccc1F)N1C[C@H]2[C@@H](c3ccccc31)[C@@H](CO)N2C(=O)C1CCOCC1. The summed E-state index contributed by atoms with van der Waals surface area (Å²) in [6.07, 6.45) is 1.33. The Morgan fingerprint density at radius 1 is 1.09 bits per heavy atom. The number of amides is 3. The minimum absolute atomic E-state index is 0.0162. The number of carbonyl (C=O) groups is 2. The molecule has 168 valence electrons. The fourth-order valence-corrected chi connectivity index (χ4v) is 5.28. The second kappa shape index (κ2) is 8.52. The standard InChI is InChI=1S/C24H26FN3O4/c25-17-6-2-3-7-18(17)26-24(31)27-13-20-22(16-5-1-4-8-19(16)27)21(14-29)28(20)23(30)15-9-11-32-12-10-15/h1-8,15,20-22,29H,9-14H2,(H,26,31)/t20-,21+,22+/m0/s1. The van der Waals surface area contributed by atoms with E-state index in [2.05, 4.69) is 5.32 Å². The molecule has 0 spiro atoms. The smallest absolute Gasteiger partial charge is 0.326 e. The zero-order valence-corrected chi connectivity index (χ0v) is 17.6. The molecular formula is C24H26FN3O4. The van der Waals surface area contributed by atoms with Crippen LogP contribution in [0.15, 0.2) is 48.5 Å². The molecule has 3 aliphatic heterocycles. The molecule has 32 heavy (non-hydrogen) atoms. The van der Waals surface area contributed by atoms with Crippen molar-refractivity contribution >= 4 is 23.3 Å². The van der Waals surface area contributed by atoms with Gasteiger partial charge in [0.2, 0.25) is 5.91 Å². The molecule has 0 bridgehead atoms. The number of aliphatic hydroxyl groups is 1. The quantitative estimate of drug-likeness (QED) is 0.771. The number of halogens is 1. The van der Waals surface area contributed by atoms with Crippen LogP contribution in [0.4, 0.5) is 20.6 Å². The van der Waals surface area contributed by atoms with Gasteiger partial charge in [-0.1, -0.05) is 30.3 Å². The average Bonchev–Trinajstić information content (AvgIpc) is 2.81. The lowest BCUT2D eigenvalue weighted by molar-refractivity contribution is -0.157. The lowest BCUT2D eigenvalue weighted by Crippen LogP contribution is -2.71. The number of para-hydroxylation sites is 2. The number of carbonyl (C=O) groups excluding carboxylic acids is 2. The molecule has 0 aromatic heterocycles. The van der Waals surface area contributed by atoms with Gasteiger partial charge in [0.05, 0.1) is 24.4 Å². The van der Waals surface area contributed by atoms with E-state index >= 15 is 0 Å². The maximum atomic E-state index is 14.1. The van der Waals surface area contributed by atoms with E-state index in [1.54, 1.807) is 21.9 Å². The maximum absolute atomic E-state index is 14.1. The normalized spacial score (nSPS) is 24.9. The molecule has 2 aromatic rings. The third kappa shape index (κ3) is 3.43. The fraction of sp³-hybridized carbons (Fsp3) is 0.417. The van der Waals surface area contributed by atoms with Crippen LogP contribution < -0.4 is 10.2 Å². The first-order valence-corrected chi connectivity index (χ1v) is 11.0. The van der Waals surface area contributed by atoms with Gasteiger partial charge in [0.25, 0.3) is 0 Å². The number of likely N-dealkylation sites (tertiary alicyclic amines) is 1. The van der Waals surface area contributed by atoms with Crippen molar-refractivity contribution in [2.24, 2.45) is 5.92 Å². The number of hydrogen-bond donors (Lipinski definition) is 2. The molecule has 0 unspecified atom stereocenters. The van der Waals surface area contributed by atoms with Gasteiger partial charge in [0, 0.05) is 37.3 Å². The van der Waals surface area contributed by atoms with E-state index in [0.29, 0.717) is 26.1 Å². The largest absolute Gasteiger partial charge is 0.394 e. The van der Waals surface area contributed by atoms with Crippen molar-refractivity contribution < 1.29 is 23.8 Å². The number of ether oxygens (including phenoxy) is 1. The van der Waals surface area contributed by atoms with Gasteiger partial charge in [-0.2, -0.15) is 0 Å². The van der Waals surface area contributed by atoms with Crippen LogP contribution in [-0.4, -0.2) is 60.4 Å². The number of urea groups is 1. The number of fused-ring (bicyclic) bond motifs is 3. The molecule has 3 amide bonds. The van der Waals surface area contributed by atoms with Gasteiger partial charge >= 0.3 is 6.03 Å². The molecule has 0 radical (unpaired) electrons. The fourth-order valence-electron chi connectivity index (χ4n) is 5.28. The van der Waals surface area contributed by atoms with Crippen molar-refractivity contribution in [2.75, 3.05) is 36.6 Å². The van der Waals surface area contributed by atoms with Crippen LogP contribution in [0, 0.1) is 11.7 Å². The maximum Gasteiger partial charge on any atom is 0.326 e. The van der Waals surface area contributed by atoms with E-state index in [4.69, 9.17) is 4.74 Å². The third-order valence-corrected chi connectivity index (χ3v) is 6.87. The summed E-state index contributed by atoms with van der Waals surface area (Å²) in [5, 5.41) is 12.8. The zero-order chi connectivity index (χ0) is 22.2. The lowest BCUT2D eigenvalue weighted by Gasteiger charge is -2.59. The van der Waals surface area contributed by atoms with Crippen LogP contribution in [0.3, 0.4) is 0 Å². The lowest BCUT2D eigenvalue weighted by atomic mass is 9.71. The van der Waals surface area contributed by atoms with Gasteiger partial charge in [0.15, 0.2) is 0 Å². The first kappa shape index (κ1) is 20.9. The molecule has 2 aromatic carbocycles. The number of rotatable bonds is 3. The zero-order valence-electron chi connectivity index (χ0n) is 17.6. The molecule has 2 saturated heterocycles. The van der Waals surface area contributed by atoms with Gasteiger partial charge in [-0.15, -0.1) is 0 Å². The van der Waals surface area contributed by atoms with Crippen LogP contribution in [-0.2, 0) is 9.53 Å². The van der Waals surface area contributed by atoms with Crippen LogP contribution in [0.5, 0.6) is 0 Å². The Morgan fingerprint density at radius 3 is 2.56 bits per heavy atom. The molecule has 3 atom stereocenters. The van der Waals surface area contributed by atoms with Gasteiger partial charge in [-0.05, 0) is 36.6 Å². The topological polar surface area (TPSA) is 82.1 Å². The van der Waals surface area contributed by atoms with E-state index in [1.807, 2.05) is 24.3 Å². The van der Waals surface area contributed by atoms with E-state index in [-0.39, 0.29) is 48.7 Å². The first-order valence-electron chi connectivity index (χ1n) is 11.0. The van der Waals surface area contributed by atoms with Crippen LogP contribution in [0.1, 0.15) is 24.3 Å². The van der Waals surface area contributed by atoms with Gasteiger partial charge in [-0.25, -0.2) is 9.18 Å². The number of hydrogen-bond acceptors (Lipinski definition) is 4. The molecule has 2 fully saturated rings. The summed E-state index contributed by atoms with van der Waals surface area (Å²) in [5.74, 6) is -0.666. The Labute approximate surface area is 185 Å². The summed E-state index contributed by atoms with van der Waals surface area (Å²) in [6.45, 7) is 1.27. The van der Waals surface area contributed by atoms with E-state index in [9.17, 15) is 19.1 Å². The van der Waals surface area contributed by atoms with E-state index in [1.165, 1.54) is 12.1 Å².